The molecule has 5 heteroatoms. The molecule has 0 atom stereocenters. The van der Waals surface area contributed by atoms with Crippen molar-refractivity contribution in [2.75, 3.05) is 5.43 Å². The van der Waals surface area contributed by atoms with Crippen LogP contribution in [0.4, 0.5) is 5.82 Å². The summed E-state index contributed by atoms with van der Waals surface area (Å²) in [5.74, 6) is 6.09. The number of rotatable bonds is 1. The van der Waals surface area contributed by atoms with Crippen LogP contribution >= 0.6 is 11.3 Å². The third-order valence-corrected chi connectivity index (χ3v) is 3.67. The molecule has 2 rings (SSSR count). The summed E-state index contributed by atoms with van der Waals surface area (Å²) < 4.78 is 0. The fourth-order valence-corrected chi connectivity index (χ4v) is 2.40. The predicted octanol–water partition coefficient (Wildman–Crippen LogP) is 2.27. The van der Waals surface area contributed by atoms with Crippen molar-refractivity contribution < 1.29 is 0 Å². The molecule has 2 heterocycles. The number of nitrogens with one attached hydrogen (secondary N) is 1. The molecule has 0 spiro atoms. The normalized spacial score (nSPS) is 12.0. The van der Waals surface area contributed by atoms with E-state index in [4.69, 9.17) is 5.84 Å². The molecule has 0 amide bonds. The second-order valence-corrected chi connectivity index (χ2v) is 5.48. The molecule has 2 aromatic rings. The van der Waals surface area contributed by atoms with Crippen molar-refractivity contribution in [3.05, 3.63) is 17.3 Å². The average Bonchev–Trinajstić information content (AvgIpc) is 2.59. The number of anilines is 1. The number of nitrogens with zero attached hydrogens (tertiary/aromatic N) is 2. The first-order chi connectivity index (χ1) is 7.02. The maximum atomic E-state index is 5.40. The smallest absolute Gasteiger partial charge is 0.152 e. The van der Waals surface area contributed by atoms with E-state index < -0.39 is 0 Å². The summed E-state index contributed by atoms with van der Waals surface area (Å²) in [7, 11) is 0. The van der Waals surface area contributed by atoms with Crippen molar-refractivity contribution in [3.63, 3.8) is 0 Å². The molecule has 0 aliphatic rings. The molecule has 80 valence electrons. The van der Waals surface area contributed by atoms with Crippen LogP contribution in [-0.2, 0) is 5.41 Å². The van der Waals surface area contributed by atoms with Gasteiger partial charge in [0.15, 0.2) is 5.82 Å². The largest absolute Gasteiger partial charge is 0.308 e. The Balaban J connectivity index is 2.65. The Kier molecular flexibility index (Phi) is 2.36. The van der Waals surface area contributed by atoms with E-state index in [0.717, 1.165) is 10.2 Å². The van der Waals surface area contributed by atoms with Crippen molar-refractivity contribution in [1.29, 1.82) is 0 Å². The topological polar surface area (TPSA) is 63.8 Å². The lowest BCUT2D eigenvalue weighted by atomic mass is 9.94. The van der Waals surface area contributed by atoms with Crippen molar-refractivity contribution in [1.82, 2.24) is 9.97 Å². The molecule has 0 aliphatic heterocycles. The predicted molar refractivity (Wildman–Crippen MR) is 63.9 cm³/mol. The van der Waals surface area contributed by atoms with E-state index in [-0.39, 0.29) is 5.41 Å². The summed E-state index contributed by atoms with van der Waals surface area (Å²) in [6.45, 7) is 6.54. The number of hydrazine groups is 1. The SMILES string of the molecule is CC(C)(C)c1cc2c(NN)ncnc2s1. The number of nitrogens with two attached hydrogens (primary N) is 1. The van der Waals surface area contributed by atoms with Gasteiger partial charge in [0.2, 0.25) is 0 Å². The van der Waals surface area contributed by atoms with Crippen LogP contribution < -0.4 is 11.3 Å². The minimum Gasteiger partial charge on any atom is -0.308 e. The maximum Gasteiger partial charge on any atom is 0.152 e. The molecular weight excluding hydrogens is 208 g/mol. The van der Waals surface area contributed by atoms with Crippen LogP contribution in [0.2, 0.25) is 0 Å². The summed E-state index contributed by atoms with van der Waals surface area (Å²) in [6.07, 6.45) is 1.53. The Hall–Kier alpha value is -1.20. The minimum absolute atomic E-state index is 0.136. The van der Waals surface area contributed by atoms with Gasteiger partial charge in [-0.1, -0.05) is 20.8 Å². The Morgan fingerprint density at radius 2 is 2.07 bits per heavy atom. The van der Waals surface area contributed by atoms with Crippen LogP contribution in [0.3, 0.4) is 0 Å². The van der Waals surface area contributed by atoms with Crippen LogP contribution in [0.5, 0.6) is 0 Å². The van der Waals surface area contributed by atoms with Gasteiger partial charge in [0, 0.05) is 4.88 Å². The average molecular weight is 222 g/mol. The lowest BCUT2D eigenvalue weighted by Crippen LogP contribution is -2.09. The van der Waals surface area contributed by atoms with E-state index in [1.54, 1.807) is 11.3 Å². The molecule has 0 saturated heterocycles. The molecule has 0 aromatic carbocycles. The van der Waals surface area contributed by atoms with Gasteiger partial charge in [-0.15, -0.1) is 11.3 Å². The summed E-state index contributed by atoms with van der Waals surface area (Å²) in [6, 6.07) is 2.11. The van der Waals surface area contributed by atoms with E-state index in [9.17, 15) is 0 Å². The Morgan fingerprint density at radius 1 is 1.33 bits per heavy atom. The molecular formula is C10H14N4S. The zero-order valence-corrected chi connectivity index (χ0v) is 9.85. The van der Waals surface area contributed by atoms with Crippen molar-refractivity contribution in [2.24, 2.45) is 5.84 Å². The van der Waals surface area contributed by atoms with Gasteiger partial charge in [0.1, 0.15) is 11.2 Å². The van der Waals surface area contributed by atoms with Gasteiger partial charge in [-0.05, 0) is 11.5 Å². The molecule has 0 saturated carbocycles. The molecule has 15 heavy (non-hydrogen) atoms. The van der Waals surface area contributed by atoms with Gasteiger partial charge in [0.05, 0.1) is 5.39 Å². The van der Waals surface area contributed by atoms with E-state index in [1.165, 1.54) is 11.2 Å². The highest BCUT2D eigenvalue weighted by molar-refractivity contribution is 7.18. The summed E-state index contributed by atoms with van der Waals surface area (Å²) in [5.41, 5.74) is 2.73. The van der Waals surface area contributed by atoms with Gasteiger partial charge >= 0.3 is 0 Å². The molecule has 3 N–H and O–H groups in total. The first kappa shape index (κ1) is 10.3. The number of thiophene rings is 1. The summed E-state index contributed by atoms with van der Waals surface area (Å²) >= 11 is 1.69. The van der Waals surface area contributed by atoms with Crippen LogP contribution in [0, 0.1) is 0 Å². The van der Waals surface area contributed by atoms with E-state index in [2.05, 4.69) is 42.2 Å². The first-order valence-corrected chi connectivity index (χ1v) is 5.55. The highest BCUT2D eigenvalue weighted by Crippen LogP contribution is 2.34. The van der Waals surface area contributed by atoms with Gasteiger partial charge in [0.25, 0.3) is 0 Å². The molecule has 4 nitrogen and oxygen atoms in total. The van der Waals surface area contributed by atoms with Crippen LogP contribution in [-0.4, -0.2) is 9.97 Å². The van der Waals surface area contributed by atoms with E-state index in [1.807, 2.05) is 0 Å². The fourth-order valence-electron chi connectivity index (χ4n) is 1.34. The standard InChI is InChI=1S/C10H14N4S/c1-10(2,3)7-4-6-8(14-11)12-5-13-9(6)15-7/h4-5H,11H2,1-3H3,(H,12,13,14). The van der Waals surface area contributed by atoms with Gasteiger partial charge < -0.3 is 5.43 Å². The number of fused-ring (bicyclic) bond motifs is 1. The second-order valence-electron chi connectivity index (χ2n) is 4.45. The molecule has 0 fully saturated rings. The highest BCUT2D eigenvalue weighted by Gasteiger charge is 2.18. The number of hydrogen-bond acceptors (Lipinski definition) is 5. The second kappa shape index (κ2) is 3.43. The molecule has 2 aromatic heterocycles. The van der Waals surface area contributed by atoms with Gasteiger partial charge in [-0.3, -0.25) is 0 Å². The Morgan fingerprint density at radius 3 is 2.67 bits per heavy atom. The Labute approximate surface area is 92.5 Å². The van der Waals surface area contributed by atoms with Crippen LogP contribution in [0.25, 0.3) is 10.2 Å². The van der Waals surface area contributed by atoms with E-state index in [0.29, 0.717) is 5.82 Å². The maximum absolute atomic E-state index is 5.40. The van der Waals surface area contributed by atoms with Crippen LogP contribution in [0.1, 0.15) is 25.6 Å². The Bertz CT molecular complexity index is 484. The van der Waals surface area contributed by atoms with E-state index >= 15 is 0 Å². The number of aromatic nitrogens is 2. The number of nitrogen functional groups attached to an aromatic ring is 1. The fraction of sp³-hybridized carbons (Fsp3) is 0.400. The zero-order valence-electron chi connectivity index (χ0n) is 9.03. The third-order valence-electron chi connectivity index (χ3n) is 2.21. The van der Waals surface area contributed by atoms with Crippen LogP contribution in [0.15, 0.2) is 12.4 Å². The number of hydrogen-bond donors (Lipinski definition) is 2. The first-order valence-electron chi connectivity index (χ1n) is 4.74. The van der Waals surface area contributed by atoms with Crippen molar-refractivity contribution >= 4 is 27.4 Å². The monoisotopic (exact) mass is 222 g/mol. The third kappa shape index (κ3) is 1.80. The molecule has 0 bridgehead atoms. The summed E-state index contributed by atoms with van der Waals surface area (Å²) in [4.78, 5) is 10.6. The lowest BCUT2D eigenvalue weighted by molar-refractivity contribution is 0.604. The summed E-state index contributed by atoms with van der Waals surface area (Å²) in [5, 5.41) is 0.995. The zero-order chi connectivity index (χ0) is 11.1. The molecule has 0 radical (unpaired) electrons. The van der Waals surface area contributed by atoms with Gasteiger partial charge in [-0.2, -0.15) is 0 Å². The highest BCUT2D eigenvalue weighted by atomic mass is 32.1. The van der Waals surface area contributed by atoms with Crippen molar-refractivity contribution in [3.8, 4) is 0 Å². The quantitative estimate of drug-likeness (QED) is 0.574. The lowest BCUT2D eigenvalue weighted by Gasteiger charge is -2.14. The molecule has 0 unspecified atom stereocenters. The van der Waals surface area contributed by atoms with Gasteiger partial charge in [-0.25, -0.2) is 15.8 Å². The van der Waals surface area contributed by atoms with Crippen molar-refractivity contribution in [2.45, 2.75) is 26.2 Å². The molecule has 0 aliphatic carbocycles. The minimum atomic E-state index is 0.136.